The third-order valence-corrected chi connectivity index (χ3v) is 5.16. The molecule has 1 aromatic rings. The van der Waals surface area contributed by atoms with Gasteiger partial charge < -0.3 is 10.1 Å². The molecule has 1 amide bonds. The van der Waals surface area contributed by atoms with Gasteiger partial charge in [0.1, 0.15) is 5.75 Å². The highest BCUT2D eigenvalue weighted by molar-refractivity contribution is 9.10. The molecule has 0 spiro atoms. The van der Waals surface area contributed by atoms with Gasteiger partial charge in [-0.3, -0.25) is 4.79 Å². The van der Waals surface area contributed by atoms with E-state index in [0.717, 1.165) is 16.8 Å². The van der Waals surface area contributed by atoms with Gasteiger partial charge >= 0.3 is 0 Å². The molecular formula is C15H18BrNO2. The van der Waals surface area contributed by atoms with Crippen LogP contribution >= 0.6 is 15.9 Å². The van der Waals surface area contributed by atoms with Crippen LogP contribution in [0.5, 0.6) is 5.75 Å². The van der Waals surface area contributed by atoms with Gasteiger partial charge in [0.05, 0.1) is 12.7 Å². The summed E-state index contributed by atoms with van der Waals surface area (Å²) in [6.45, 7) is 0. The normalized spacial score (nSPS) is 28.4. The first-order chi connectivity index (χ1) is 9.17. The molecule has 0 radical (unpaired) electrons. The summed E-state index contributed by atoms with van der Waals surface area (Å²) < 4.78 is 5.99. The molecule has 1 aromatic carbocycles. The summed E-state index contributed by atoms with van der Waals surface area (Å²) in [7, 11) is 1.61. The Kier molecular flexibility index (Phi) is 3.52. The molecule has 0 aromatic heterocycles. The maximum absolute atomic E-state index is 12.4. The zero-order valence-corrected chi connectivity index (χ0v) is 12.6. The van der Waals surface area contributed by atoms with Gasteiger partial charge in [-0.15, -0.1) is 0 Å². The highest BCUT2D eigenvalue weighted by Gasteiger charge is 2.40. The zero-order chi connectivity index (χ0) is 13.4. The first-order valence-electron chi connectivity index (χ1n) is 6.82. The SMILES string of the molecule is COc1ccc(Br)c(C(=O)NC2CC3CCC2C3)c1. The Morgan fingerprint density at radius 1 is 1.37 bits per heavy atom. The molecule has 2 fully saturated rings. The monoisotopic (exact) mass is 323 g/mol. The molecule has 3 unspecified atom stereocenters. The number of carbonyl (C=O) groups is 1. The van der Waals surface area contributed by atoms with E-state index in [9.17, 15) is 4.79 Å². The summed E-state index contributed by atoms with van der Waals surface area (Å²) >= 11 is 3.43. The molecule has 0 heterocycles. The molecule has 3 nitrogen and oxygen atoms in total. The van der Waals surface area contributed by atoms with Gasteiger partial charge in [-0.2, -0.15) is 0 Å². The van der Waals surface area contributed by atoms with Gasteiger partial charge in [0.25, 0.3) is 5.91 Å². The zero-order valence-electron chi connectivity index (χ0n) is 11.0. The largest absolute Gasteiger partial charge is 0.497 e. The van der Waals surface area contributed by atoms with Crippen LogP contribution in [-0.2, 0) is 0 Å². The van der Waals surface area contributed by atoms with Crippen LogP contribution in [0.4, 0.5) is 0 Å². The van der Waals surface area contributed by atoms with Crippen LogP contribution < -0.4 is 10.1 Å². The first-order valence-corrected chi connectivity index (χ1v) is 7.61. The lowest BCUT2D eigenvalue weighted by Gasteiger charge is -2.23. The van der Waals surface area contributed by atoms with Gasteiger partial charge in [0, 0.05) is 10.5 Å². The predicted molar refractivity (Wildman–Crippen MR) is 77.4 cm³/mol. The van der Waals surface area contributed by atoms with E-state index in [0.29, 0.717) is 23.3 Å². The molecule has 2 aliphatic carbocycles. The van der Waals surface area contributed by atoms with Gasteiger partial charge in [-0.25, -0.2) is 0 Å². The second kappa shape index (κ2) is 5.16. The molecule has 2 saturated carbocycles. The smallest absolute Gasteiger partial charge is 0.252 e. The maximum Gasteiger partial charge on any atom is 0.252 e. The van der Waals surface area contributed by atoms with Crippen LogP contribution in [0, 0.1) is 11.8 Å². The van der Waals surface area contributed by atoms with Crippen molar-refractivity contribution in [1.29, 1.82) is 0 Å². The van der Waals surface area contributed by atoms with Crippen molar-refractivity contribution in [2.45, 2.75) is 31.7 Å². The van der Waals surface area contributed by atoms with Crippen LogP contribution in [-0.4, -0.2) is 19.1 Å². The summed E-state index contributed by atoms with van der Waals surface area (Å²) in [6, 6.07) is 5.85. The molecule has 3 atom stereocenters. The summed E-state index contributed by atoms with van der Waals surface area (Å²) in [4.78, 5) is 12.4. The Morgan fingerprint density at radius 3 is 2.84 bits per heavy atom. The summed E-state index contributed by atoms with van der Waals surface area (Å²) in [5, 5.41) is 3.19. The van der Waals surface area contributed by atoms with E-state index in [1.54, 1.807) is 13.2 Å². The van der Waals surface area contributed by atoms with Crippen molar-refractivity contribution in [2.24, 2.45) is 11.8 Å². The number of amides is 1. The summed E-state index contributed by atoms with van der Waals surface area (Å²) in [5.74, 6) is 2.24. The number of hydrogen-bond acceptors (Lipinski definition) is 2. The maximum atomic E-state index is 12.4. The van der Waals surface area contributed by atoms with Crippen LogP contribution in [0.3, 0.4) is 0 Å². The molecule has 2 bridgehead atoms. The highest BCUT2D eigenvalue weighted by atomic mass is 79.9. The van der Waals surface area contributed by atoms with Gasteiger partial charge in [0.15, 0.2) is 0 Å². The van der Waals surface area contributed by atoms with Gasteiger partial charge in [0.2, 0.25) is 0 Å². The fourth-order valence-corrected chi connectivity index (χ4v) is 3.90. The van der Waals surface area contributed by atoms with Crippen LogP contribution in [0.15, 0.2) is 22.7 Å². The Morgan fingerprint density at radius 2 is 2.21 bits per heavy atom. The second-order valence-electron chi connectivity index (χ2n) is 5.60. The quantitative estimate of drug-likeness (QED) is 0.926. The van der Waals surface area contributed by atoms with Gasteiger partial charge in [-0.1, -0.05) is 6.42 Å². The lowest BCUT2D eigenvalue weighted by Crippen LogP contribution is -2.38. The third-order valence-electron chi connectivity index (χ3n) is 4.47. The van der Waals surface area contributed by atoms with E-state index < -0.39 is 0 Å². The number of halogens is 1. The number of ether oxygens (including phenoxy) is 1. The average Bonchev–Trinajstić information content (AvgIpc) is 3.01. The summed E-state index contributed by atoms with van der Waals surface area (Å²) in [6.07, 6.45) is 5.07. The van der Waals surface area contributed by atoms with E-state index in [-0.39, 0.29) is 5.91 Å². The molecular weight excluding hydrogens is 306 g/mol. The van der Waals surface area contributed by atoms with E-state index in [2.05, 4.69) is 21.2 Å². The Hall–Kier alpha value is -1.03. The van der Waals surface area contributed by atoms with Crippen molar-refractivity contribution in [2.75, 3.05) is 7.11 Å². The standard InChI is InChI=1S/C15H18BrNO2/c1-19-11-4-5-13(16)12(8-11)15(18)17-14-7-9-2-3-10(14)6-9/h4-5,8-10,14H,2-3,6-7H2,1H3,(H,17,18). The minimum absolute atomic E-state index is 0.00308. The minimum atomic E-state index is 0.00308. The third kappa shape index (κ3) is 2.50. The lowest BCUT2D eigenvalue weighted by molar-refractivity contribution is 0.0922. The van der Waals surface area contributed by atoms with E-state index >= 15 is 0 Å². The van der Waals surface area contributed by atoms with Crippen molar-refractivity contribution in [3.05, 3.63) is 28.2 Å². The number of carbonyl (C=O) groups excluding carboxylic acids is 1. The van der Waals surface area contributed by atoms with Crippen molar-refractivity contribution in [3.8, 4) is 5.75 Å². The first kappa shape index (κ1) is 13.0. The Labute approximate surface area is 121 Å². The molecule has 1 N–H and O–H groups in total. The number of fused-ring (bicyclic) bond motifs is 2. The molecule has 102 valence electrons. The van der Waals surface area contributed by atoms with Crippen LogP contribution in [0.25, 0.3) is 0 Å². The van der Waals surface area contributed by atoms with Crippen LogP contribution in [0.2, 0.25) is 0 Å². The summed E-state index contributed by atoms with van der Waals surface area (Å²) in [5.41, 5.74) is 0.655. The highest BCUT2D eigenvalue weighted by Crippen LogP contribution is 2.44. The van der Waals surface area contributed by atoms with Crippen molar-refractivity contribution in [1.82, 2.24) is 5.32 Å². The van der Waals surface area contributed by atoms with E-state index in [4.69, 9.17) is 4.74 Å². The molecule has 3 rings (SSSR count). The Balaban J connectivity index is 1.73. The number of nitrogens with one attached hydrogen (secondary N) is 1. The predicted octanol–water partition coefficient (Wildman–Crippen LogP) is 3.38. The molecule has 2 aliphatic rings. The van der Waals surface area contributed by atoms with Crippen molar-refractivity contribution in [3.63, 3.8) is 0 Å². The number of methoxy groups -OCH3 is 1. The van der Waals surface area contributed by atoms with Crippen molar-refractivity contribution < 1.29 is 9.53 Å². The average molecular weight is 324 g/mol. The number of benzene rings is 1. The molecule has 19 heavy (non-hydrogen) atoms. The van der Waals surface area contributed by atoms with E-state index in [1.165, 1.54) is 19.3 Å². The molecule has 4 heteroatoms. The fraction of sp³-hybridized carbons (Fsp3) is 0.533. The number of hydrogen-bond donors (Lipinski definition) is 1. The lowest BCUT2D eigenvalue weighted by atomic mass is 9.95. The molecule has 0 aliphatic heterocycles. The molecule has 0 saturated heterocycles. The fourth-order valence-electron chi connectivity index (χ4n) is 3.47. The minimum Gasteiger partial charge on any atom is -0.497 e. The van der Waals surface area contributed by atoms with E-state index in [1.807, 2.05) is 12.1 Å². The topological polar surface area (TPSA) is 38.3 Å². The number of rotatable bonds is 3. The Bertz CT molecular complexity index is 503. The van der Waals surface area contributed by atoms with Gasteiger partial charge in [-0.05, 0) is 65.2 Å². The van der Waals surface area contributed by atoms with Crippen molar-refractivity contribution >= 4 is 21.8 Å². The van der Waals surface area contributed by atoms with Crippen LogP contribution in [0.1, 0.15) is 36.0 Å². The second-order valence-corrected chi connectivity index (χ2v) is 6.45.